The quantitative estimate of drug-likeness (QED) is 0.837. The first kappa shape index (κ1) is 14.5. The third kappa shape index (κ3) is 4.34. The molecule has 0 unspecified atom stereocenters. The van der Waals surface area contributed by atoms with Crippen molar-refractivity contribution in [1.29, 1.82) is 5.26 Å². The molecule has 96 valence electrons. The van der Waals surface area contributed by atoms with Gasteiger partial charge in [-0.1, -0.05) is 11.6 Å². The van der Waals surface area contributed by atoms with Gasteiger partial charge in [0.05, 0.1) is 23.7 Å². The van der Waals surface area contributed by atoms with Crippen LogP contribution in [0.5, 0.6) is 0 Å². The zero-order chi connectivity index (χ0) is 13.5. The van der Waals surface area contributed by atoms with Gasteiger partial charge in [0.15, 0.2) is 0 Å². The van der Waals surface area contributed by atoms with E-state index in [1.807, 2.05) is 6.07 Å². The van der Waals surface area contributed by atoms with Crippen LogP contribution in [0.3, 0.4) is 0 Å². The van der Waals surface area contributed by atoms with Gasteiger partial charge in [-0.15, -0.1) is 0 Å². The van der Waals surface area contributed by atoms with Crippen LogP contribution in [0.1, 0.15) is 5.56 Å². The van der Waals surface area contributed by atoms with Crippen molar-refractivity contribution in [3.05, 3.63) is 28.8 Å². The van der Waals surface area contributed by atoms with Crippen molar-refractivity contribution < 1.29 is 9.90 Å². The van der Waals surface area contributed by atoms with E-state index in [0.29, 0.717) is 22.8 Å². The Labute approximate surface area is 111 Å². The number of nitrogens with zero attached hydrogens (tertiary/aromatic N) is 2. The Balaban J connectivity index is 2.60. The standard InChI is InChI=1S/C12H14ClN3O2/c1-16(4-5-17)8-12(18)15-10-3-2-9(7-14)11(13)6-10/h2-3,6,17H,4-5,8H2,1H3,(H,15,18). The third-order valence-electron chi connectivity index (χ3n) is 2.27. The van der Waals surface area contributed by atoms with Crippen LogP contribution in [0.15, 0.2) is 18.2 Å². The predicted octanol–water partition coefficient (Wildman–Crippen LogP) is 1.07. The molecule has 0 aromatic heterocycles. The SMILES string of the molecule is CN(CCO)CC(=O)Nc1ccc(C#N)c(Cl)c1. The molecule has 6 heteroatoms. The number of aliphatic hydroxyl groups excluding tert-OH is 1. The molecule has 18 heavy (non-hydrogen) atoms. The Bertz CT molecular complexity index is 471. The van der Waals surface area contributed by atoms with E-state index in [1.54, 1.807) is 24.1 Å². The molecule has 0 saturated heterocycles. The first-order valence-corrected chi connectivity index (χ1v) is 5.73. The maximum Gasteiger partial charge on any atom is 0.238 e. The molecule has 5 nitrogen and oxygen atoms in total. The second-order valence-corrected chi connectivity index (χ2v) is 4.22. The van der Waals surface area contributed by atoms with Gasteiger partial charge in [0.25, 0.3) is 0 Å². The molecule has 0 saturated carbocycles. The van der Waals surface area contributed by atoms with Crippen LogP contribution < -0.4 is 5.32 Å². The van der Waals surface area contributed by atoms with Crippen molar-refractivity contribution in [2.24, 2.45) is 0 Å². The maximum absolute atomic E-state index is 11.6. The van der Waals surface area contributed by atoms with Crippen LogP contribution in [-0.4, -0.2) is 42.7 Å². The molecule has 1 aromatic carbocycles. The summed E-state index contributed by atoms with van der Waals surface area (Å²) >= 11 is 5.85. The van der Waals surface area contributed by atoms with E-state index < -0.39 is 0 Å². The highest BCUT2D eigenvalue weighted by Crippen LogP contribution is 2.20. The molecule has 0 aliphatic carbocycles. The van der Waals surface area contributed by atoms with Gasteiger partial charge in [-0.2, -0.15) is 5.26 Å². The van der Waals surface area contributed by atoms with Crippen molar-refractivity contribution in [2.75, 3.05) is 32.1 Å². The van der Waals surface area contributed by atoms with Gasteiger partial charge in [0.2, 0.25) is 5.91 Å². The molecule has 2 N–H and O–H groups in total. The lowest BCUT2D eigenvalue weighted by Crippen LogP contribution is -2.32. The smallest absolute Gasteiger partial charge is 0.238 e. The predicted molar refractivity (Wildman–Crippen MR) is 69.4 cm³/mol. The number of benzene rings is 1. The Morgan fingerprint density at radius 1 is 1.61 bits per heavy atom. The minimum absolute atomic E-state index is 0.00642. The van der Waals surface area contributed by atoms with Crippen LogP contribution in [0.25, 0.3) is 0 Å². The number of aliphatic hydroxyl groups is 1. The van der Waals surface area contributed by atoms with E-state index in [-0.39, 0.29) is 19.1 Å². The summed E-state index contributed by atoms with van der Waals surface area (Å²) in [5.74, 6) is -0.202. The van der Waals surface area contributed by atoms with Gasteiger partial charge in [0.1, 0.15) is 6.07 Å². The number of nitriles is 1. The number of carbonyl (C=O) groups excluding carboxylic acids is 1. The van der Waals surface area contributed by atoms with E-state index >= 15 is 0 Å². The van der Waals surface area contributed by atoms with Crippen LogP contribution in [0.2, 0.25) is 5.02 Å². The third-order valence-corrected chi connectivity index (χ3v) is 2.58. The van der Waals surface area contributed by atoms with Crippen LogP contribution in [0.4, 0.5) is 5.69 Å². The first-order chi connectivity index (χ1) is 8.56. The fourth-order valence-electron chi connectivity index (χ4n) is 1.38. The number of anilines is 1. The molecule has 1 rings (SSSR count). The molecule has 0 bridgehead atoms. The number of likely N-dealkylation sites (N-methyl/N-ethyl adjacent to an activating group) is 1. The molecule has 0 atom stereocenters. The fourth-order valence-corrected chi connectivity index (χ4v) is 1.60. The van der Waals surface area contributed by atoms with Crippen molar-refractivity contribution in [2.45, 2.75) is 0 Å². The molecule has 1 amide bonds. The fraction of sp³-hybridized carbons (Fsp3) is 0.333. The molecular formula is C12H14ClN3O2. The Morgan fingerprint density at radius 2 is 2.33 bits per heavy atom. The number of rotatable bonds is 5. The van der Waals surface area contributed by atoms with Gasteiger partial charge in [0, 0.05) is 12.2 Å². The lowest BCUT2D eigenvalue weighted by Gasteiger charge is -2.14. The Morgan fingerprint density at radius 3 is 2.89 bits per heavy atom. The van der Waals surface area contributed by atoms with Gasteiger partial charge in [-0.25, -0.2) is 0 Å². The normalized spacial score (nSPS) is 10.2. The highest BCUT2D eigenvalue weighted by molar-refractivity contribution is 6.32. The second kappa shape index (κ2) is 6.97. The largest absolute Gasteiger partial charge is 0.395 e. The van der Waals surface area contributed by atoms with Crippen molar-refractivity contribution >= 4 is 23.2 Å². The van der Waals surface area contributed by atoms with Crippen LogP contribution >= 0.6 is 11.6 Å². The Kier molecular flexibility index (Phi) is 5.59. The zero-order valence-electron chi connectivity index (χ0n) is 9.98. The number of hydrogen-bond acceptors (Lipinski definition) is 4. The zero-order valence-corrected chi connectivity index (χ0v) is 10.7. The summed E-state index contributed by atoms with van der Waals surface area (Å²) in [4.78, 5) is 13.3. The molecule has 0 spiro atoms. The van der Waals surface area contributed by atoms with Crippen LogP contribution in [-0.2, 0) is 4.79 Å². The monoisotopic (exact) mass is 267 g/mol. The van der Waals surface area contributed by atoms with Crippen LogP contribution in [0, 0.1) is 11.3 Å². The number of amides is 1. The summed E-state index contributed by atoms with van der Waals surface area (Å²) in [7, 11) is 1.74. The molecule has 0 fully saturated rings. The summed E-state index contributed by atoms with van der Waals surface area (Å²) in [6.07, 6.45) is 0. The maximum atomic E-state index is 11.6. The molecule has 1 aromatic rings. The van der Waals surface area contributed by atoms with Crippen molar-refractivity contribution in [3.63, 3.8) is 0 Å². The van der Waals surface area contributed by atoms with Gasteiger partial charge >= 0.3 is 0 Å². The molecule has 0 aliphatic heterocycles. The van der Waals surface area contributed by atoms with E-state index in [0.717, 1.165) is 0 Å². The van der Waals surface area contributed by atoms with E-state index in [4.69, 9.17) is 22.0 Å². The summed E-state index contributed by atoms with van der Waals surface area (Å²) < 4.78 is 0. The van der Waals surface area contributed by atoms with Crippen molar-refractivity contribution in [3.8, 4) is 6.07 Å². The highest BCUT2D eigenvalue weighted by Gasteiger charge is 2.07. The first-order valence-electron chi connectivity index (χ1n) is 5.35. The Hall–Kier alpha value is -1.61. The molecule has 0 radical (unpaired) electrons. The average Bonchev–Trinajstić information content (AvgIpc) is 2.29. The van der Waals surface area contributed by atoms with Crippen molar-refractivity contribution in [1.82, 2.24) is 4.90 Å². The van der Waals surface area contributed by atoms with Gasteiger partial charge in [-0.05, 0) is 25.2 Å². The van der Waals surface area contributed by atoms with Gasteiger partial charge < -0.3 is 10.4 Å². The average molecular weight is 268 g/mol. The number of carbonyl (C=O) groups is 1. The lowest BCUT2D eigenvalue weighted by molar-refractivity contribution is -0.117. The summed E-state index contributed by atoms with van der Waals surface area (Å²) in [5.41, 5.74) is 0.911. The topological polar surface area (TPSA) is 76.4 Å². The second-order valence-electron chi connectivity index (χ2n) is 3.82. The number of nitrogens with one attached hydrogen (secondary N) is 1. The molecule has 0 heterocycles. The summed E-state index contributed by atoms with van der Waals surface area (Å²) in [6, 6.07) is 6.65. The van der Waals surface area contributed by atoms with E-state index in [2.05, 4.69) is 5.32 Å². The minimum Gasteiger partial charge on any atom is -0.395 e. The summed E-state index contributed by atoms with van der Waals surface area (Å²) in [5, 5.41) is 20.4. The molecule has 0 aliphatic rings. The summed E-state index contributed by atoms with van der Waals surface area (Å²) in [6.45, 7) is 0.617. The minimum atomic E-state index is -0.202. The highest BCUT2D eigenvalue weighted by atomic mass is 35.5. The number of halogens is 1. The van der Waals surface area contributed by atoms with Gasteiger partial charge in [-0.3, -0.25) is 9.69 Å². The van der Waals surface area contributed by atoms with E-state index in [9.17, 15) is 4.79 Å². The lowest BCUT2D eigenvalue weighted by atomic mass is 10.2. The molecular weight excluding hydrogens is 254 g/mol. The van der Waals surface area contributed by atoms with E-state index in [1.165, 1.54) is 6.07 Å². The number of hydrogen-bond donors (Lipinski definition) is 2.